The zero-order chi connectivity index (χ0) is 13.9. The van der Waals surface area contributed by atoms with Crippen LogP contribution in [0.2, 0.25) is 0 Å². The van der Waals surface area contributed by atoms with Crippen LogP contribution in [0, 0.1) is 0 Å². The van der Waals surface area contributed by atoms with Crippen LogP contribution in [0.25, 0.3) is 0 Å². The van der Waals surface area contributed by atoms with Gasteiger partial charge in [-0.3, -0.25) is 4.98 Å². The number of carbonyl (C=O) groups is 1. The van der Waals surface area contributed by atoms with Crippen LogP contribution in [0.15, 0.2) is 24.8 Å². The van der Waals surface area contributed by atoms with Gasteiger partial charge >= 0.3 is 5.97 Å². The molecule has 6 heteroatoms. The molecule has 1 aliphatic carbocycles. The average Bonchev–Trinajstić information content (AvgIpc) is 2.48. The molecule has 1 aliphatic rings. The van der Waals surface area contributed by atoms with E-state index in [2.05, 4.69) is 15.0 Å². The number of aromatic carboxylic acids is 1. The lowest BCUT2D eigenvalue weighted by Crippen LogP contribution is -2.09. The van der Waals surface area contributed by atoms with Gasteiger partial charge in [-0.05, 0) is 31.7 Å². The summed E-state index contributed by atoms with van der Waals surface area (Å²) in [6.07, 6.45) is 8.20. The number of fused-ring (bicyclic) bond motifs is 1. The van der Waals surface area contributed by atoms with Crippen LogP contribution in [0.4, 0.5) is 0 Å². The number of carboxylic acid groups (broad SMARTS) is 1. The summed E-state index contributed by atoms with van der Waals surface area (Å²) in [5, 5.41) is 9.14. The maximum atomic E-state index is 11.2. The van der Waals surface area contributed by atoms with Crippen molar-refractivity contribution in [2.45, 2.75) is 25.7 Å². The number of nitrogens with zero attached hydrogens (tertiary/aromatic N) is 3. The van der Waals surface area contributed by atoms with Crippen LogP contribution in [0.3, 0.4) is 0 Å². The smallest absolute Gasteiger partial charge is 0.339 e. The first kappa shape index (κ1) is 12.5. The molecule has 2 aromatic rings. The minimum Gasteiger partial charge on any atom is -0.478 e. The first-order valence-corrected chi connectivity index (χ1v) is 6.43. The summed E-state index contributed by atoms with van der Waals surface area (Å²) >= 11 is 0. The van der Waals surface area contributed by atoms with Crippen LogP contribution >= 0.6 is 0 Å². The van der Waals surface area contributed by atoms with E-state index in [1.165, 1.54) is 24.8 Å². The molecule has 0 fully saturated rings. The van der Waals surface area contributed by atoms with Gasteiger partial charge in [-0.15, -0.1) is 0 Å². The fourth-order valence-electron chi connectivity index (χ4n) is 2.32. The summed E-state index contributed by atoms with van der Waals surface area (Å²) < 4.78 is 5.67. The van der Waals surface area contributed by atoms with Gasteiger partial charge < -0.3 is 9.84 Å². The fourth-order valence-corrected chi connectivity index (χ4v) is 2.32. The lowest BCUT2D eigenvalue weighted by atomic mass is 9.97. The van der Waals surface area contributed by atoms with E-state index in [-0.39, 0.29) is 11.3 Å². The molecule has 3 rings (SSSR count). The standard InChI is InChI=1S/C14H13N3O3/c18-14(19)10-5-6-15-7-12(10)20-13-9-3-1-2-4-11(9)16-8-17-13/h5-8H,1-4H2,(H,18,19). The van der Waals surface area contributed by atoms with E-state index >= 15 is 0 Å². The lowest BCUT2D eigenvalue weighted by molar-refractivity contribution is 0.0694. The van der Waals surface area contributed by atoms with Gasteiger partial charge in [-0.1, -0.05) is 0 Å². The summed E-state index contributed by atoms with van der Waals surface area (Å²) in [7, 11) is 0. The third kappa shape index (κ3) is 2.32. The summed E-state index contributed by atoms with van der Waals surface area (Å²) in [5.41, 5.74) is 2.03. The maximum Gasteiger partial charge on any atom is 0.339 e. The van der Waals surface area contributed by atoms with E-state index in [1.54, 1.807) is 0 Å². The van der Waals surface area contributed by atoms with Crippen LogP contribution in [-0.4, -0.2) is 26.0 Å². The first-order valence-electron chi connectivity index (χ1n) is 6.43. The van der Waals surface area contributed by atoms with E-state index in [0.717, 1.165) is 36.9 Å². The van der Waals surface area contributed by atoms with Gasteiger partial charge in [0, 0.05) is 11.8 Å². The van der Waals surface area contributed by atoms with Gasteiger partial charge in [-0.2, -0.15) is 0 Å². The van der Waals surface area contributed by atoms with Gasteiger partial charge in [-0.25, -0.2) is 14.8 Å². The monoisotopic (exact) mass is 271 g/mol. The van der Waals surface area contributed by atoms with Crippen molar-refractivity contribution < 1.29 is 14.6 Å². The largest absolute Gasteiger partial charge is 0.478 e. The Hall–Kier alpha value is -2.50. The number of ether oxygens (including phenoxy) is 1. The molecule has 20 heavy (non-hydrogen) atoms. The van der Waals surface area contributed by atoms with Gasteiger partial charge in [0.15, 0.2) is 5.75 Å². The van der Waals surface area contributed by atoms with Crippen molar-refractivity contribution in [3.63, 3.8) is 0 Å². The van der Waals surface area contributed by atoms with E-state index in [1.807, 2.05) is 0 Å². The Kier molecular flexibility index (Phi) is 3.28. The normalized spacial score (nSPS) is 13.6. The van der Waals surface area contributed by atoms with E-state index in [9.17, 15) is 4.79 Å². The zero-order valence-electron chi connectivity index (χ0n) is 10.7. The fraction of sp³-hybridized carbons (Fsp3) is 0.286. The summed E-state index contributed by atoms with van der Waals surface area (Å²) in [4.78, 5) is 23.5. The molecule has 0 unspecified atom stereocenters. The second kappa shape index (κ2) is 5.24. The summed E-state index contributed by atoms with van der Waals surface area (Å²) in [5.74, 6) is -0.415. The Morgan fingerprint density at radius 2 is 2.10 bits per heavy atom. The first-order chi connectivity index (χ1) is 9.75. The number of hydrogen-bond acceptors (Lipinski definition) is 5. The van der Waals surface area contributed by atoms with Crippen LogP contribution < -0.4 is 4.74 Å². The molecule has 0 saturated carbocycles. The highest BCUT2D eigenvalue weighted by Gasteiger charge is 2.19. The Bertz CT molecular complexity index is 658. The predicted molar refractivity (Wildman–Crippen MR) is 69.9 cm³/mol. The molecular weight excluding hydrogens is 258 g/mol. The third-order valence-corrected chi connectivity index (χ3v) is 3.31. The molecule has 0 atom stereocenters. The molecule has 0 spiro atoms. The lowest BCUT2D eigenvalue weighted by Gasteiger charge is -2.17. The Balaban J connectivity index is 1.98. The van der Waals surface area contributed by atoms with Crippen molar-refractivity contribution in [2.75, 3.05) is 0 Å². The second-order valence-electron chi connectivity index (χ2n) is 4.59. The van der Waals surface area contributed by atoms with Crippen molar-refractivity contribution >= 4 is 5.97 Å². The van der Waals surface area contributed by atoms with Crippen LogP contribution in [-0.2, 0) is 12.8 Å². The molecule has 2 heterocycles. The number of rotatable bonds is 3. The van der Waals surface area contributed by atoms with Crippen molar-refractivity contribution in [1.82, 2.24) is 15.0 Å². The third-order valence-electron chi connectivity index (χ3n) is 3.31. The second-order valence-corrected chi connectivity index (χ2v) is 4.59. The van der Waals surface area contributed by atoms with E-state index < -0.39 is 5.97 Å². The SMILES string of the molecule is O=C(O)c1ccncc1Oc1ncnc2c1CCCC2. The molecular formula is C14H13N3O3. The van der Waals surface area contributed by atoms with Gasteiger partial charge in [0.1, 0.15) is 11.9 Å². The van der Waals surface area contributed by atoms with Crippen molar-refractivity contribution in [1.29, 1.82) is 0 Å². The average molecular weight is 271 g/mol. The molecule has 0 saturated heterocycles. The Labute approximate surface area is 115 Å². The van der Waals surface area contributed by atoms with Gasteiger partial charge in [0.2, 0.25) is 5.88 Å². The molecule has 2 aromatic heterocycles. The molecule has 6 nitrogen and oxygen atoms in total. The molecule has 0 aromatic carbocycles. The highest BCUT2D eigenvalue weighted by atomic mass is 16.5. The molecule has 0 radical (unpaired) electrons. The van der Waals surface area contributed by atoms with Crippen molar-refractivity contribution in [3.8, 4) is 11.6 Å². The molecule has 0 aliphatic heterocycles. The number of hydrogen-bond donors (Lipinski definition) is 1. The Morgan fingerprint density at radius 3 is 2.95 bits per heavy atom. The predicted octanol–water partition coefficient (Wildman–Crippen LogP) is 2.24. The maximum absolute atomic E-state index is 11.2. The topological polar surface area (TPSA) is 85.2 Å². The number of pyridine rings is 1. The van der Waals surface area contributed by atoms with Crippen LogP contribution in [0.1, 0.15) is 34.5 Å². The summed E-state index contributed by atoms with van der Waals surface area (Å²) in [6.45, 7) is 0. The van der Waals surface area contributed by atoms with Crippen molar-refractivity contribution in [3.05, 3.63) is 41.6 Å². The molecule has 0 amide bonds. The van der Waals surface area contributed by atoms with Gasteiger partial charge in [0.25, 0.3) is 0 Å². The zero-order valence-corrected chi connectivity index (χ0v) is 10.7. The quantitative estimate of drug-likeness (QED) is 0.921. The summed E-state index contributed by atoms with van der Waals surface area (Å²) in [6, 6.07) is 1.41. The minimum atomic E-state index is -1.05. The molecule has 0 bridgehead atoms. The van der Waals surface area contributed by atoms with Crippen LogP contribution in [0.5, 0.6) is 11.6 Å². The van der Waals surface area contributed by atoms with Gasteiger partial charge in [0.05, 0.1) is 11.9 Å². The van der Waals surface area contributed by atoms with E-state index in [0.29, 0.717) is 5.88 Å². The number of carboxylic acids is 1. The minimum absolute atomic E-state index is 0.0724. The van der Waals surface area contributed by atoms with Crippen molar-refractivity contribution in [2.24, 2.45) is 0 Å². The number of aryl methyl sites for hydroxylation is 1. The number of aromatic nitrogens is 3. The molecule has 102 valence electrons. The Morgan fingerprint density at radius 1 is 1.25 bits per heavy atom. The molecule has 1 N–H and O–H groups in total. The highest BCUT2D eigenvalue weighted by molar-refractivity contribution is 5.90. The highest BCUT2D eigenvalue weighted by Crippen LogP contribution is 2.30. The van der Waals surface area contributed by atoms with E-state index in [4.69, 9.17) is 9.84 Å².